The fourth-order valence-electron chi connectivity index (χ4n) is 3.52. The van der Waals surface area contributed by atoms with Crippen LogP contribution in [-0.2, 0) is 15.3 Å². The molecule has 7 heteroatoms. The Morgan fingerprint density at radius 1 is 1.33 bits per heavy atom. The molecule has 1 heterocycles. The fraction of sp³-hybridized carbons (Fsp3) is 0.588. The van der Waals surface area contributed by atoms with E-state index in [0.29, 0.717) is 12.4 Å². The van der Waals surface area contributed by atoms with E-state index in [1.54, 1.807) is 7.05 Å². The van der Waals surface area contributed by atoms with E-state index in [0.717, 1.165) is 24.4 Å². The van der Waals surface area contributed by atoms with Crippen molar-refractivity contribution >= 4 is 27.4 Å². The van der Waals surface area contributed by atoms with Crippen LogP contribution in [0.5, 0.6) is 0 Å². The van der Waals surface area contributed by atoms with Crippen molar-refractivity contribution in [3.63, 3.8) is 0 Å². The molecule has 1 aromatic rings. The van der Waals surface area contributed by atoms with Gasteiger partial charge in [0.15, 0.2) is 15.8 Å². The lowest BCUT2D eigenvalue weighted by molar-refractivity contribution is 0.243. The van der Waals surface area contributed by atoms with Crippen LogP contribution in [0.25, 0.3) is 0 Å². The Balaban J connectivity index is 1.61. The Morgan fingerprint density at radius 2 is 2.04 bits per heavy atom. The molecule has 3 rings (SSSR count). The molecule has 2 aliphatic rings. The standard InChI is InChI=1S/C17H24ClN3O2S/c1-19-16(21-15-7-10-24(22,23)11-15)20-12-17(8-2-9-17)13-3-5-14(18)6-4-13/h3-6,15H,2,7-12H2,1H3,(H2,19,20,21). The first-order valence-corrected chi connectivity index (χ1v) is 10.6. The molecule has 132 valence electrons. The van der Waals surface area contributed by atoms with E-state index in [4.69, 9.17) is 11.6 Å². The average Bonchev–Trinajstić information content (AvgIpc) is 2.85. The number of hydrogen-bond donors (Lipinski definition) is 2. The number of benzene rings is 1. The van der Waals surface area contributed by atoms with Crippen LogP contribution >= 0.6 is 11.6 Å². The Bertz CT molecular complexity index is 712. The smallest absolute Gasteiger partial charge is 0.191 e. The van der Waals surface area contributed by atoms with Crippen LogP contribution in [0.2, 0.25) is 5.02 Å². The number of aliphatic imine (C=N–C) groups is 1. The molecular weight excluding hydrogens is 346 g/mol. The fourth-order valence-corrected chi connectivity index (χ4v) is 5.32. The largest absolute Gasteiger partial charge is 0.356 e. The molecule has 1 saturated carbocycles. The van der Waals surface area contributed by atoms with Crippen molar-refractivity contribution in [2.75, 3.05) is 25.1 Å². The van der Waals surface area contributed by atoms with E-state index >= 15 is 0 Å². The van der Waals surface area contributed by atoms with Gasteiger partial charge in [0.25, 0.3) is 0 Å². The van der Waals surface area contributed by atoms with E-state index in [1.807, 2.05) is 12.1 Å². The van der Waals surface area contributed by atoms with E-state index < -0.39 is 9.84 Å². The van der Waals surface area contributed by atoms with Crippen LogP contribution in [0.3, 0.4) is 0 Å². The monoisotopic (exact) mass is 369 g/mol. The zero-order valence-electron chi connectivity index (χ0n) is 13.9. The van der Waals surface area contributed by atoms with E-state index in [9.17, 15) is 8.42 Å². The van der Waals surface area contributed by atoms with Crippen LogP contribution in [0, 0.1) is 0 Å². The Labute approximate surface area is 148 Å². The van der Waals surface area contributed by atoms with Gasteiger partial charge in [0.1, 0.15) is 0 Å². The predicted octanol–water partition coefficient (Wildman–Crippen LogP) is 2.11. The molecule has 1 atom stereocenters. The van der Waals surface area contributed by atoms with Gasteiger partial charge in [0.05, 0.1) is 11.5 Å². The summed E-state index contributed by atoms with van der Waals surface area (Å²) < 4.78 is 23.2. The van der Waals surface area contributed by atoms with Crippen LogP contribution in [0.15, 0.2) is 29.3 Å². The van der Waals surface area contributed by atoms with Crippen molar-refractivity contribution in [1.82, 2.24) is 10.6 Å². The summed E-state index contributed by atoms with van der Waals surface area (Å²) in [7, 11) is -1.17. The molecule has 0 amide bonds. The Morgan fingerprint density at radius 3 is 2.54 bits per heavy atom. The summed E-state index contributed by atoms with van der Waals surface area (Å²) in [6.45, 7) is 0.785. The first kappa shape index (κ1) is 17.5. The molecule has 2 fully saturated rings. The Kier molecular flexibility index (Phi) is 5.06. The van der Waals surface area contributed by atoms with Crippen molar-refractivity contribution in [1.29, 1.82) is 0 Å². The molecule has 5 nitrogen and oxygen atoms in total. The van der Waals surface area contributed by atoms with Gasteiger partial charge in [-0.2, -0.15) is 0 Å². The highest BCUT2D eigenvalue weighted by Gasteiger charge is 2.38. The van der Waals surface area contributed by atoms with Crippen molar-refractivity contribution < 1.29 is 8.42 Å². The lowest BCUT2D eigenvalue weighted by atomic mass is 9.64. The molecule has 1 aliphatic heterocycles. The number of nitrogens with zero attached hydrogens (tertiary/aromatic N) is 1. The van der Waals surface area contributed by atoms with Gasteiger partial charge < -0.3 is 10.6 Å². The summed E-state index contributed by atoms with van der Waals surface area (Å²) in [6.07, 6.45) is 4.13. The summed E-state index contributed by atoms with van der Waals surface area (Å²) in [5.41, 5.74) is 1.41. The summed E-state index contributed by atoms with van der Waals surface area (Å²) in [4.78, 5) is 4.25. The highest BCUT2D eigenvalue weighted by molar-refractivity contribution is 7.91. The van der Waals surface area contributed by atoms with Gasteiger partial charge >= 0.3 is 0 Å². The maximum atomic E-state index is 11.6. The first-order valence-electron chi connectivity index (χ1n) is 8.36. The molecular formula is C17H24ClN3O2S. The Hall–Kier alpha value is -1.27. The number of hydrogen-bond acceptors (Lipinski definition) is 3. The molecule has 24 heavy (non-hydrogen) atoms. The van der Waals surface area contributed by atoms with Gasteiger partial charge in [-0.1, -0.05) is 30.2 Å². The quantitative estimate of drug-likeness (QED) is 0.630. The number of rotatable bonds is 4. The second-order valence-corrected chi connectivity index (χ2v) is 9.48. The van der Waals surface area contributed by atoms with Gasteiger partial charge in [-0.05, 0) is 37.0 Å². The maximum absolute atomic E-state index is 11.6. The van der Waals surface area contributed by atoms with Gasteiger partial charge in [0.2, 0.25) is 0 Å². The average molecular weight is 370 g/mol. The summed E-state index contributed by atoms with van der Waals surface area (Å²) in [6, 6.07) is 8.03. The lowest BCUT2D eigenvalue weighted by Crippen LogP contribution is -2.51. The second kappa shape index (κ2) is 6.92. The third-order valence-electron chi connectivity index (χ3n) is 5.16. The molecule has 1 unspecified atom stereocenters. The maximum Gasteiger partial charge on any atom is 0.191 e. The highest BCUT2D eigenvalue weighted by Crippen LogP contribution is 2.43. The van der Waals surface area contributed by atoms with Crippen LogP contribution in [-0.4, -0.2) is 45.5 Å². The molecule has 1 aromatic carbocycles. The minimum Gasteiger partial charge on any atom is -0.356 e. The molecule has 0 spiro atoms. The van der Waals surface area contributed by atoms with Crippen LogP contribution < -0.4 is 10.6 Å². The van der Waals surface area contributed by atoms with E-state index in [1.165, 1.54) is 12.0 Å². The van der Waals surface area contributed by atoms with E-state index in [2.05, 4.69) is 27.8 Å². The summed E-state index contributed by atoms with van der Waals surface area (Å²) in [5, 5.41) is 7.38. The zero-order valence-corrected chi connectivity index (χ0v) is 15.5. The molecule has 1 saturated heterocycles. The molecule has 2 N–H and O–H groups in total. The third-order valence-corrected chi connectivity index (χ3v) is 7.18. The SMILES string of the molecule is CN=C(NCC1(c2ccc(Cl)cc2)CCC1)NC1CCS(=O)(=O)C1. The minimum absolute atomic E-state index is 0.0472. The van der Waals surface area contributed by atoms with Gasteiger partial charge in [-0.25, -0.2) is 8.42 Å². The molecule has 0 bridgehead atoms. The highest BCUT2D eigenvalue weighted by atomic mass is 35.5. The second-order valence-electron chi connectivity index (χ2n) is 6.81. The van der Waals surface area contributed by atoms with E-state index in [-0.39, 0.29) is 23.0 Å². The minimum atomic E-state index is -2.89. The zero-order chi connectivity index (χ0) is 17.2. The number of nitrogens with one attached hydrogen (secondary N) is 2. The number of halogens is 1. The number of guanidine groups is 1. The van der Waals surface area contributed by atoms with Gasteiger partial charge in [0, 0.05) is 30.1 Å². The van der Waals surface area contributed by atoms with Gasteiger partial charge in [-0.15, -0.1) is 0 Å². The summed E-state index contributed by atoms with van der Waals surface area (Å²) >= 11 is 6.00. The molecule has 0 radical (unpaired) electrons. The number of sulfone groups is 1. The van der Waals surface area contributed by atoms with Crippen molar-refractivity contribution in [3.8, 4) is 0 Å². The van der Waals surface area contributed by atoms with Crippen molar-refractivity contribution in [2.24, 2.45) is 4.99 Å². The topological polar surface area (TPSA) is 70.6 Å². The van der Waals surface area contributed by atoms with Crippen molar-refractivity contribution in [3.05, 3.63) is 34.9 Å². The van der Waals surface area contributed by atoms with Crippen LogP contribution in [0.1, 0.15) is 31.2 Å². The normalized spacial score (nSPS) is 25.1. The predicted molar refractivity (Wildman–Crippen MR) is 98.5 cm³/mol. The third kappa shape index (κ3) is 3.86. The summed E-state index contributed by atoms with van der Waals surface area (Å²) in [5.74, 6) is 1.13. The molecule has 0 aromatic heterocycles. The molecule has 1 aliphatic carbocycles. The van der Waals surface area contributed by atoms with Gasteiger partial charge in [-0.3, -0.25) is 4.99 Å². The lowest BCUT2D eigenvalue weighted by Gasteiger charge is -2.43. The van der Waals surface area contributed by atoms with Crippen LogP contribution in [0.4, 0.5) is 0 Å². The first-order chi connectivity index (χ1) is 11.4. The van der Waals surface area contributed by atoms with Crippen molar-refractivity contribution in [2.45, 2.75) is 37.1 Å².